The molecule has 0 saturated heterocycles. The summed E-state index contributed by atoms with van der Waals surface area (Å²) in [4.78, 5) is 38.3. The van der Waals surface area contributed by atoms with E-state index in [1.54, 1.807) is 0 Å². The van der Waals surface area contributed by atoms with E-state index in [0.717, 1.165) is 89.9 Å². The number of rotatable bonds is 60. The number of carbonyl (C=O) groups excluding carboxylic acids is 3. The predicted molar refractivity (Wildman–Crippen MR) is 325 cm³/mol. The first-order valence-electron chi connectivity index (χ1n) is 32.8. The molecule has 0 spiro atoms. The molecule has 0 radical (unpaired) electrons. The van der Waals surface area contributed by atoms with Gasteiger partial charge in [-0.05, 0) is 83.5 Å². The van der Waals surface area contributed by atoms with Gasteiger partial charge < -0.3 is 14.2 Å². The maximum absolute atomic E-state index is 12.9. The number of unbranched alkanes of at least 4 members (excludes halogenated alkanes) is 39. The molecule has 1 unspecified atom stereocenters. The van der Waals surface area contributed by atoms with E-state index in [0.29, 0.717) is 19.3 Å². The normalized spacial score (nSPS) is 12.4. The van der Waals surface area contributed by atoms with Crippen molar-refractivity contribution < 1.29 is 28.6 Å². The highest BCUT2D eigenvalue weighted by atomic mass is 16.6. The highest BCUT2D eigenvalue weighted by Crippen LogP contribution is 2.17. The molecule has 75 heavy (non-hydrogen) atoms. The van der Waals surface area contributed by atoms with Crippen LogP contribution in [0.5, 0.6) is 0 Å². The van der Waals surface area contributed by atoms with Crippen LogP contribution in [-0.4, -0.2) is 37.2 Å². The lowest BCUT2D eigenvalue weighted by Crippen LogP contribution is -2.30. The van der Waals surface area contributed by atoms with Crippen LogP contribution in [0.3, 0.4) is 0 Å². The number of ether oxygens (including phenoxy) is 3. The zero-order chi connectivity index (χ0) is 54.3. The lowest BCUT2D eigenvalue weighted by Gasteiger charge is -2.18. The summed E-state index contributed by atoms with van der Waals surface area (Å²) in [7, 11) is 0. The van der Waals surface area contributed by atoms with E-state index in [9.17, 15) is 14.4 Å². The van der Waals surface area contributed by atoms with Crippen molar-refractivity contribution in [1.82, 2.24) is 0 Å². The largest absolute Gasteiger partial charge is 0.462 e. The Morgan fingerprint density at radius 1 is 0.280 bits per heavy atom. The molecule has 0 rings (SSSR count). The van der Waals surface area contributed by atoms with Crippen molar-refractivity contribution in [1.29, 1.82) is 0 Å². The maximum Gasteiger partial charge on any atom is 0.306 e. The van der Waals surface area contributed by atoms with Gasteiger partial charge in [0.05, 0.1) is 0 Å². The molecule has 0 amide bonds. The fraction of sp³-hybridized carbons (Fsp3) is 0.812. The first-order valence-corrected chi connectivity index (χ1v) is 32.8. The quantitative estimate of drug-likeness (QED) is 0.0261. The Bertz CT molecular complexity index is 1340. The lowest BCUT2D eigenvalue weighted by molar-refractivity contribution is -0.167. The highest BCUT2D eigenvalue weighted by molar-refractivity contribution is 5.71. The zero-order valence-electron chi connectivity index (χ0n) is 50.1. The zero-order valence-corrected chi connectivity index (χ0v) is 50.1. The predicted octanol–water partition coefficient (Wildman–Crippen LogP) is 22.3. The van der Waals surface area contributed by atoms with Gasteiger partial charge in [-0.1, -0.05) is 300 Å². The molecular formula is C69H124O6. The van der Waals surface area contributed by atoms with Crippen LogP contribution >= 0.6 is 0 Å². The summed E-state index contributed by atoms with van der Waals surface area (Å²) in [5.41, 5.74) is 0. The van der Waals surface area contributed by atoms with E-state index in [1.807, 2.05) is 0 Å². The van der Waals surface area contributed by atoms with Gasteiger partial charge in [0.1, 0.15) is 13.2 Å². The van der Waals surface area contributed by atoms with Gasteiger partial charge in [0.25, 0.3) is 0 Å². The van der Waals surface area contributed by atoms with Gasteiger partial charge in [-0.15, -0.1) is 0 Å². The monoisotopic (exact) mass is 1050 g/mol. The maximum atomic E-state index is 12.9. The minimum absolute atomic E-state index is 0.0721. The smallest absolute Gasteiger partial charge is 0.306 e. The average Bonchev–Trinajstić information content (AvgIpc) is 3.41. The summed E-state index contributed by atoms with van der Waals surface area (Å²) in [6.07, 6.45) is 80.9. The van der Waals surface area contributed by atoms with Crippen LogP contribution < -0.4 is 0 Å². The number of allylic oxidation sites excluding steroid dienone is 10. The molecule has 0 aliphatic rings. The van der Waals surface area contributed by atoms with Crippen LogP contribution in [0.4, 0.5) is 0 Å². The number of carbonyl (C=O) groups is 3. The lowest BCUT2D eigenvalue weighted by atomic mass is 10.0. The molecule has 1 atom stereocenters. The molecule has 0 N–H and O–H groups in total. The summed E-state index contributed by atoms with van der Waals surface area (Å²) in [6.45, 7) is 6.56. The van der Waals surface area contributed by atoms with Gasteiger partial charge in [-0.25, -0.2) is 0 Å². The first-order chi connectivity index (χ1) is 37.0. The minimum atomic E-state index is -0.775. The fourth-order valence-corrected chi connectivity index (χ4v) is 9.61. The molecule has 436 valence electrons. The third-order valence-corrected chi connectivity index (χ3v) is 14.5. The third-order valence-electron chi connectivity index (χ3n) is 14.5. The fourth-order valence-electron chi connectivity index (χ4n) is 9.61. The Morgan fingerprint density at radius 2 is 0.520 bits per heavy atom. The summed E-state index contributed by atoms with van der Waals surface area (Å²) >= 11 is 0. The average molecular weight is 1050 g/mol. The molecule has 0 heterocycles. The van der Waals surface area contributed by atoms with E-state index in [-0.39, 0.29) is 31.1 Å². The van der Waals surface area contributed by atoms with Crippen LogP contribution in [0.1, 0.15) is 342 Å². The Hall–Kier alpha value is -2.89. The minimum Gasteiger partial charge on any atom is -0.462 e. The summed E-state index contributed by atoms with van der Waals surface area (Å²) in [5, 5.41) is 0. The van der Waals surface area contributed by atoms with Crippen LogP contribution in [0.15, 0.2) is 60.8 Å². The molecule has 0 aliphatic heterocycles. The van der Waals surface area contributed by atoms with E-state index >= 15 is 0 Å². The molecule has 0 aromatic rings. The van der Waals surface area contributed by atoms with Crippen molar-refractivity contribution in [2.45, 2.75) is 348 Å². The van der Waals surface area contributed by atoms with Crippen LogP contribution in [0.25, 0.3) is 0 Å². The van der Waals surface area contributed by atoms with Gasteiger partial charge in [-0.3, -0.25) is 14.4 Å². The van der Waals surface area contributed by atoms with Crippen molar-refractivity contribution in [3.63, 3.8) is 0 Å². The summed E-state index contributed by atoms with van der Waals surface area (Å²) in [6, 6.07) is 0. The third kappa shape index (κ3) is 61.8. The molecule has 6 nitrogen and oxygen atoms in total. The molecule has 0 saturated carbocycles. The number of esters is 3. The Balaban J connectivity index is 4.19. The number of hydrogen-bond acceptors (Lipinski definition) is 6. The van der Waals surface area contributed by atoms with E-state index in [4.69, 9.17) is 14.2 Å². The van der Waals surface area contributed by atoms with Crippen molar-refractivity contribution >= 4 is 17.9 Å². The van der Waals surface area contributed by atoms with Gasteiger partial charge in [0, 0.05) is 19.3 Å². The van der Waals surface area contributed by atoms with Crippen LogP contribution in [0.2, 0.25) is 0 Å². The van der Waals surface area contributed by atoms with Gasteiger partial charge in [0.15, 0.2) is 6.10 Å². The molecule has 0 aromatic heterocycles. The topological polar surface area (TPSA) is 78.9 Å². The molecule has 0 fully saturated rings. The molecule has 0 aromatic carbocycles. The summed E-state index contributed by atoms with van der Waals surface area (Å²) < 4.78 is 16.9. The second-order valence-electron chi connectivity index (χ2n) is 22.0. The van der Waals surface area contributed by atoms with Crippen molar-refractivity contribution in [2.24, 2.45) is 0 Å². The van der Waals surface area contributed by atoms with Crippen molar-refractivity contribution in [2.75, 3.05) is 13.2 Å². The van der Waals surface area contributed by atoms with Gasteiger partial charge in [0.2, 0.25) is 0 Å². The summed E-state index contributed by atoms with van der Waals surface area (Å²) in [5.74, 6) is -0.861. The Labute approximate surface area is 466 Å². The second-order valence-corrected chi connectivity index (χ2v) is 22.0. The van der Waals surface area contributed by atoms with E-state index in [1.165, 1.54) is 212 Å². The van der Waals surface area contributed by atoms with Gasteiger partial charge in [-0.2, -0.15) is 0 Å². The molecule has 6 heteroatoms. The Kier molecular flexibility index (Phi) is 61.2. The standard InChI is InChI=1S/C69H124O6/c1-4-7-10-13-16-19-22-25-27-28-29-30-31-32-33-34-35-36-37-38-39-40-42-44-47-50-53-56-59-62-68(71)74-65-66(64-73-67(70)61-58-55-52-49-46-43-24-21-18-15-12-9-6-3)75-69(72)63-60-57-54-51-48-45-41-26-23-20-17-14-11-8-5-2/h7,10,16,19,25-27,29-30,41,66H,4-6,8-9,11-15,17-18,20-24,28,31-40,42-65H2,1-3H3/b10-7-,19-16-,27-25-,30-29-,41-26-. The SMILES string of the molecule is CC/C=C\C/C=C\C/C=C\C/C=C\CCCCCCCCCCCCCCCCCCC(=O)OCC(COC(=O)CCCCCCCCCCCCCCC)OC(=O)CCCCCCC/C=C\CCCCCCCC. The second kappa shape index (κ2) is 63.6. The van der Waals surface area contributed by atoms with Crippen molar-refractivity contribution in [3.05, 3.63) is 60.8 Å². The highest BCUT2D eigenvalue weighted by Gasteiger charge is 2.19. The Morgan fingerprint density at radius 3 is 0.827 bits per heavy atom. The number of hydrogen-bond donors (Lipinski definition) is 0. The van der Waals surface area contributed by atoms with E-state index < -0.39 is 6.10 Å². The van der Waals surface area contributed by atoms with Crippen LogP contribution in [0, 0.1) is 0 Å². The molecule has 0 aliphatic carbocycles. The van der Waals surface area contributed by atoms with Gasteiger partial charge >= 0.3 is 17.9 Å². The first kappa shape index (κ1) is 72.1. The molecule has 0 bridgehead atoms. The van der Waals surface area contributed by atoms with E-state index in [2.05, 4.69) is 81.5 Å². The van der Waals surface area contributed by atoms with Crippen LogP contribution in [-0.2, 0) is 28.6 Å². The molecular weight excluding hydrogens is 925 g/mol. The van der Waals surface area contributed by atoms with Crippen molar-refractivity contribution in [3.8, 4) is 0 Å².